The molecule has 0 bridgehead atoms. The number of allylic oxidation sites excluding steroid dienone is 2. The Morgan fingerprint density at radius 2 is 1.72 bits per heavy atom. The van der Waals surface area contributed by atoms with Crippen LogP contribution in [0.2, 0.25) is 10.0 Å². The Morgan fingerprint density at radius 1 is 1.00 bits per heavy atom. The van der Waals surface area contributed by atoms with Gasteiger partial charge in [-0.25, -0.2) is 0 Å². The van der Waals surface area contributed by atoms with Crippen LogP contribution in [-0.2, 0) is 6.18 Å². The second-order valence-corrected chi connectivity index (χ2v) is 7.19. The minimum absolute atomic E-state index is 0.0352. The lowest BCUT2D eigenvalue weighted by atomic mass is 9.76. The van der Waals surface area contributed by atoms with Gasteiger partial charge in [0.25, 0.3) is 0 Å². The molecule has 1 aliphatic carbocycles. The lowest BCUT2D eigenvalue weighted by molar-refractivity contribution is -0.138. The van der Waals surface area contributed by atoms with Crippen molar-refractivity contribution in [1.82, 2.24) is 0 Å². The molecule has 1 nitrogen and oxygen atoms in total. The summed E-state index contributed by atoms with van der Waals surface area (Å²) in [6, 6.07) is 8.64. The molecule has 1 aliphatic heterocycles. The normalized spacial score (nSPS) is 24.6. The predicted octanol–water partition coefficient (Wildman–Crippen LogP) is 6.84. The number of anilines is 1. The summed E-state index contributed by atoms with van der Waals surface area (Å²) < 4.78 is 40.5. The third-order valence-electron chi connectivity index (χ3n) is 5.02. The Bertz CT molecular complexity index is 860. The first-order valence-corrected chi connectivity index (χ1v) is 8.70. The summed E-state index contributed by atoms with van der Waals surface area (Å²) in [7, 11) is 0. The van der Waals surface area contributed by atoms with Gasteiger partial charge in [-0.3, -0.25) is 0 Å². The number of hydrogen-bond donors (Lipinski definition) is 1. The Kier molecular flexibility index (Phi) is 4.00. The SMILES string of the molecule is FC(F)(F)c1ccccc1C1Nc2c(Cl)ccc(Cl)c2C2C=CCC21. The van der Waals surface area contributed by atoms with E-state index in [9.17, 15) is 13.2 Å². The molecule has 0 fully saturated rings. The fraction of sp³-hybridized carbons (Fsp3) is 0.263. The monoisotopic (exact) mass is 383 g/mol. The zero-order valence-corrected chi connectivity index (χ0v) is 14.5. The van der Waals surface area contributed by atoms with Crippen molar-refractivity contribution in [2.75, 3.05) is 5.32 Å². The average Bonchev–Trinajstić information content (AvgIpc) is 3.06. The zero-order valence-electron chi connectivity index (χ0n) is 12.9. The highest BCUT2D eigenvalue weighted by atomic mass is 35.5. The molecule has 0 saturated heterocycles. The summed E-state index contributed by atoms with van der Waals surface area (Å²) in [6.07, 6.45) is 0.317. The van der Waals surface area contributed by atoms with Crippen LogP contribution in [0.25, 0.3) is 0 Å². The molecule has 0 saturated carbocycles. The van der Waals surface area contributed by atoms with Gasteiger partial charge in [-0.05, 0) is 36.1 Å². The van der Waals surface area contributed by atoms with Crippen molar-refractivity contribution in [3.8, 4) is 0 Å². The molecular formula is C19H14Cl2F3N. The van der Waals surface area contributed by atoms with Crippen molar-refractivity contribution in [3.05, 3.63) is 75.3 Å². The van der Waals surface area contributed by atoms with Gasteiger partial charge in [0.2, 0.25) is 0 Å². The third-order valence-corrected chi connectivity index (χ3v) is 5.66. The number of nitrogens with one attached hydrogen (secondary N) is 1. The van der Waals surface area contributed by atoms with Gasteiger partial charge < -0.3 is 5.32 Å². The largest absolute Gasteiger partial charge is 0.416 e. The van der Waals surface area contributed by atoms with Crippen molar-refractivity contribution >= 4 is 28.9 Å². The number of benzene rings is 2. The molecule has 0 aromatic heterocycles. The van der Waals surface area contributed by atoms with Crippen molar-refractivity contribution in [2.24, 2.45) is 5.92 Å². The van der Waals surface area contributed by atoms with Crippen LogP contribution in [0, 0.1) is 5.92 Å². The molecule has 0 spiro atoms. The van der Waals surface area contributed by atoms with Crippen LogP contribution in [0.3, 0.4) is 0 Å². The van der Waals surface area contributed by atoms with Gasteiger partial charge in [0.15, 0.2) is 0 Å². The van der Waals surface area contributed by atoms with E-state index >= 15 is 0 Å². The second-order valence-electron chi connectivity index (χ2n) is 6.38. The quantitative estimate of drug-likeness (QED) is 0.531. The maximum Gasteiger partial charge on any atom is 0.416 e. The van der Waals surface area contributed by atoms with E-state index < -0.39 is 17.8 Å². The van der Waals surface area contributed by atoms with E-state index in [1.54, 1.807) is 24.3 Å². The highest BCUT2D eigenvalue weighted by molar-refractivity contribution is 6.36. The van der Waals surface area contributed by atoms with E-state index in [2.05, 4.69) is 5.32 Å². The second kappa shape index (κ2) is 5.96. The molecule has 4 rings (SSSR count). The Balaban J connectivity index is 1.88. The minimum atomic E-state index is -4.40. The van der Waals surface area contributed by atoms with Crippen molar-refractivity contribution in [3.63, 3.8) is 0 Å². The van der Waals surface area contributed by atoms with Crippen LogP contribution in [-0.4, -0.2) is 0 Å². The maximum atomic E-state index is 13.5. The summed E-state index contributed by atoms with van der Waals surface area (Å²) in [4.78, 5) is 0. The zero-order chi connectivity index (χ0) is 17.8. The van der Waals surface area contributed by atoms with Crippen molar-refractivity contribution < 1.29 is 13.2 Å². The molecule has 2 aromatic carbocycles. The van der Waals surface area contributed by atoms with E-state index in [-0.39, 0.29) is 17.4 Å². The first kappa shape index (κ1) is 16.8. The van der Waals surface area contributed by atoms with E-state index in [0.29, 0.717) is 22.2 Å². The first-order chi connectivity index (χ1) is 11.9. The van der Waals surface area contributed by atoms with Gasteiger partial charge in [-0.2, -0.15) is 13.2 Å². The molecule has 1 N–H and O–H groups in total. The van der Waals surface area contributed by atoms with Gasteiger partial charge in [0.1, 0.15) is 0 Å². The summed E-state index contributed by atoms with van der Waals surface area (Å²) in [5, 5.41) is 4.29. The van der Waals surface area contributed by atoms with E-state index in [4.69, 9.17) is 23.2 Å². The predicted molar refractivity (Wildman–Crippen MR) is 94.3 cm³/mol. The fourth-order valence-electron chi connectivity index (χ4n) is 3.96. The smallest absolute Gasteiger partial charge is 0.376 e. The first-order valence-electron chi connectivity index (χ1n) is 7.95. The van der Waals surface area contributed by atoms with Gasteiger partial charge in [-0.1, -0.05) is 53.6 Å². The molecular weight excluding hydrogens is 370 g/mol. The van der Waals surface area contributed by atoms with Gasteiger partial charge in [-0.15, -0.1) is 0 Å². The maximum absolute atomic E-state index is 13.5. The van der Waals surface area contributed by atoms with Crippen LogP contribution < -0.4 is 5.32 Å². The number of halogens is 5. The lowest BCUT2D eigenvalue weighted by Gasteiger charge is -2.39. The van der Waals surface area contributed by atoms with Crippen LogP contribution >= 0.6 is 23.2 Å². The Hall–Kier alpha value is -1.65. The number of rotatable bonds is 1. The number of fused-ring (bicyclic) bond motifs is 3. The molecule has 2 aliphatic rings. The third kappa shape index (κ3) is 2.72. The standard InChI is InChI=1S/C19H14Cl2F3N/c20-14-8-9-15(21)18-16(14)10-5-3-6-11(10)17(25-18)12-4-1-2-7-13(12)19(22,23)24/h1-5,7-11,17,25H,6H2. The van der Waals surface area contributed by atoms with E-state index in [0.717, 1.165) is 11.6 Å². The highest BCUT2D eigenvalue weighted by Gasteiger charge is 2.43. The van der Waals surface area contributed by atoms with Gasteiger partial charge in [0, 0.05) is 16.5 Å². The van der Waals surface area contributed by atoms with E-state index in [1.165, 1.54) is 6.07 Å². The average molecular weight is 384 g/mol. The molecule has 2 aromatic rings. The van der Waals surface area contributed by atoms with Crippen LogP contribution in [0.1, 0.15) is 35.1 Å². The minimum Gasteiger partial charge on any atom is -0.376 e. The summed E-state index contributed by atoms with van der Waals surface area (Å²) >= 11 is 12.7. The van der Waals surface area contributed by atoms with Crippen LogP contribution in [0.5, 0.6) is 0 Å². The molecule has 0 amide bonds. The van der Waals surface area contributed by atoms with Crippen molar-refractivity contribution in [2.45, 2.75) is 24.6 Å². The highest BCUT2D eigenvalue weighted by Crippen LogP contribution is 2.54. The number of alkyl halides is 3. The summed E-state index contributed by atoms with van der Waals surface area (Å²) in [6.45, 7) is 0. The lowest BCUT2D eigenvalue weighted by Crippen LogP contribution is -2.31. The molecule has 0 radical (unpaired) electrons. The molecule has 3 atom stereocenters. The molecule has 3 unspecified atom stereocenters. The molecule has 130 valence electrons. The Morgan fingerprint density at radius 3 is 2.48 bits per heavy atom. The molecule has 6 heteroatoms. The molecule has 25 heavy (non-hydrogen) atoms. The number of hydrogen-bond acceptors (Lipinski definition) is 1. The van der Waals surface area contributed by atoms with E-state index in [1.807, 2.05) is 12.2 Å². The molecule has 1 heterocycles. The van der Waals surface area contributed by atoms with Gasteiger partial charge in [0.05, 0.1) is 22.3 Å². The fourth-order valence-corrected chi connectivity index (χ4v) is 4.47. The van der Waals surface area contributed by atoms with Gasteiger partial charge >= 0.3 is 6.18 Å². The Labute approximate surface area is 153 Å². The van der Waals surface area contributed by atoms with Crippen LogP contribution in [0.15, 0.2) is 48.6 Å². The van der Waals surface area contributed by atoms with Crippen LogP contribution in [0.4, 0.5) is 18.9 Å². The summed E-state index contributed by atoms with van der Waals surface area (Å²) in [5.74, 6) is -0.0827. The summed E-state index contributed by atoms with van der Waals surface area (Å²) in [5.41, 5.74) is 1.13. The van der Waals surface area contributed by atoms with Crippen molar-refractivity contribution in [1.29, 1.82) is 0 Å². The topological polar surface area (TPSA) is 12.0 Å².